The first-order valence-electron chi connectivity index (χ1n) is 8.96. The fraction of sp³-hybridized carbons (Fsp3) is 0.429. The van der Waals surface area contributed by atoms with Crippen LogP contribution in [-0.4, -0.2) is 17.5 Å². The minimum Gasteiger partial charge on any atom is -0.467 e. The molecule has 0 aliphatic carbocycles. The molecular weight excluding hydrogens is 410 g/mol. The van der Waals surface area contributed by atoms with E-state index in [1.54, 1.807) is 39.8 Å². The average molecular weight is 436 g/mol. The second-order valence-corrected chi connectivity index (χ2v) is 8.44. The summed E-state index contributed by atoms with van der Waals surface area (Å²) < 4.78 is 11.8. The van der Waals surface area contributed by atoms with Crippen molar-refractivity contribution in [2.75, 3.05) is 0 Å². The van der Waals surface area contributed by atoms with Gasteiger partial charge in [-0.1, -0.05) is 35.0 Å². The number of hydrogen-bond acceptors (Lipinski definition) is 4. The molecule has 27 heavy (non-hydrogen) atoms. The molecule has 0 bridgehead atoms. The highest BCUT2D eigenvalue weighted by molar-refractivity contribution is 9.10. The number of nitrogens with one attached hydrogen (secondary N) is 1. The van der Waals surface area contributed by atoms with E-state index < -0.39 is 23.7 Å². The summed E-state index contributed by atoms with van der Waals surface area (Å²) in [5.41, 5.74) is 0.473. The van der Waals surface area contributed by atoms with Crippen molar-refractivity contribution < 1.29 is 18.7 Å². The van der Waals surface area contributed by atoms with Gasteiger partial charge in [0.2, 0.25) is 0 Å². The molecule has 2 rings (SSSR count). The molecule has 5 nitrogen and oxygen atoms in total. The van der Waals surface area contributed by atoms with Gasteiger partial charge < -0.3 is 14.5 Å². The molecule has 1 N–H and O–H groups in total. The van der Waals surface area contributed by atoms with Gasteiger partial charge in [0.05, 0.1) is 12.3 Å². The number of carbonyl (C=O) groups is 2. The maximum Gasteiger partial charge on any atom is 0.408 e. The number of amides is 1. The van der Waals surface area contributed by atoms with Crippen molar-refractivity contribution in [1.29, 1.82) is 0 Å². The van der Waals surface area contributed by atoms with Crippen molar-refractivity contribution in [3.05, 3.63) is 58.5 Å². The van der Waals surface area contributed by atoms with Gasteiger partial charge in [0.25, 0.3) is 0 Å². The molecule has 1 aromatic heterocycles. The number of alkyl carbamates (subject to hydrolysis) is 1. The highest BCUT2D eigenvalue weighted by atomic mass is 79.9. The van der Waals surface area contributed by atoms with Crippen LogP contribution in [0.25, 0.3) is 0 Å². The van der Waals surface area contributed by atoms with Gasteiger partial charge in [-0.2, -0.15) is 0 Å². The van der Waals surface area contributed by atoms with Gasteiger partial charge in [-0.15, -0.1) is 0 Å². The van der Waals surface area contributed by atoms with Crippen LogP contribution in [-0.2, 0) is 16.0 Å². The monoisotopic (exact) mass is 435 g/mol. The van der Waals surface area contributed by atoms with Crippen molar-refractivity contribution in [1.82, 2.24) is 5.32 Å². The number of benzene rings is 1. The lowest BCUT2D eigenvalue weighted by atomic mass is 9.91. The summed E-state index contributed by atoms with van der Waals surface area (Å²) >= 11 is 3.40. The predicted molar refractivity (Wildman–Crippen MR) is 107 cm³/mol. The smallest absolute Gasteiger partial charge is 0.408 e. The van der Waals surface area contributed by atoms with Crippen LogP contribution in [0.15, 0.2) is 51.6 Å². The van der Waals surface area contributed by atoms with Gasteiger partial charge in [-0.05, 0) is 57.0 Å². The molecule has 0 aliphatic rings. The fourth-order valence-electron chi connectivity index (χ4n) is 2.68. The molecule has 0 saturated carbocycles. The Bertz CT molecular complexity index is 747. The zero-order valence-corrected chi connectivity index (χ0v) is 17.7. The molecule has 2 atom stereocenters. The lowest BCUT2D eigenvalue weighted by Crippen LogP contribution is -2.39. The zero-order valence-electron chi connectivity index (χ0n) is 16.1. The lowest BCUT2D eigenvalue weighted by molar-refractivity contribution is -0.123. The SMILES string of the molecule is CC(C(=O)CCc1ccc(Br)cc1)C(NC(=O)OC(C)(C)C)c1ccco1. The molecule has 1 aromatic carbocycles. The van der Waals surface area contributed by atoms with E-state index in [2.05, 4.69) is 21.2 Å². The molecule has 0 fully saturated rings. The van der Waals surface area contributed by atoms with E-state index >= 15 is 0 Å². The van der Waals surface area contributed by atoms with E-state index in [1.165, 1.54) is 6.26 Å². The third-order valence-electron chi connectivity index (χ3n) is 4.10. The lowest BCUT2D eigenvalue weighted by Gasteiger charge is -2.25. The number of halogens is 1. The van der Waals surface area contributed by atoms with E-state index in [-0.39, 0.29) is 5.78 Å². The van der Waals surface area contributed by atoms with E-state index in [1.807, 2.05) is 24.3 Å². The molecule has 2 unspecified atom stereocenters. The van der Waals surface area contributed by atoms with Crippen molar-refractivity contribution in [3.63, 3.8) is 0 Å². The molecule has 1 heterocycles. The Hall–Kier alpha value is -2.08. The molecule has 0 saturated heterocycles. The van der Waals surface area contributed by atoms with Gasteiger partial charge in [0.1, 0.15) is 17.1 Å². The van der Waals surface area contributed by atoms with E-state index in [4.69, 9.17) is 9.15 Å². The first-order valence-corrected chi connectivity index (χ1v) is 9.75. The van der Waals surface area contributed by atoms with E-state index in [9.17, 15) is 9.59 Å². The quantitative estimate of drug-likeness (QED) is 0.627. The van der Waals surface area contributed by atoms with Crippen molar-refractivity contribution in [2.24, 2.45) is 5.92 Å². The average Bonchev–Trinajstić information content (AvgIpc) is 3.11. The van der Waals surface area contributed by atoms with Gasteiger partial charge in [0.15, 0.2) is 0 Å². The summed E-state index contributed by atoms with van der Waals surface area (Å²) in [4.78, 5) is 25.0. The summed E-state index contributed by atoms with van der Waals surface area (Å²) in [6.45, 7) is 7.18. The maximum absolute atomic E-state index is 12.7. The summed E-state index contributed by atoms with van der Waals surface area (Å²) in [7, 11) is 0. The van der Waals surface area contributed by atoms with Crippen LogP contribution in [0.2, 0.25) is 0 Å². The van der Waals surface area contributed by atoms with Crippen LogP contribution in [0.1, 0.15) is 51.5 Å². The third kappa shape index (κ3) is 6.86. The van der Waals surface area contributed by atoms with Gasteiger partial charge in [-0.3, -0.25) is 4.79 Å². The largest absolute Gasteiger partial charge is 0.467 e. The second-order valence-electron chi connectivity index (χ2n) is 7.52. The fourth-order valence-corrected chi connectivity index (χ4v) is 2.94. The predicted octanol–water partition coefficient (Wildman–Crippen LogP) is 5.45. The normalized spacial score (nSPS) is 13.7. The van der Waals surface area contributed by atoms with Crippen LogP contribution in [0, 0.1) is 5.92 Å². The highest BCUT2D eigenvalue weighted by Gasteiger charge is 2.30. The second kappa shape index (κ2) is 9.22. The Balaban J connectivity index is 2.04. The summed E-state index contributed by atoms with van der Waals surface area (Å²) in [5.74, 6) is 0.139. The standard InChI is InChI=1S/C21H26BrNO4/c1-14(17(24)12-9-15-7-10-16(22)11-8-15)19(18-6-5-13-26-18)23-20(25)27-21(2,3)4/h5-8,10-11,13-14,19H,9,12H2,1-4H3,(H,23,25). The molecule has 6 heteroatoms. The molecule has 2 aromatic rings. The highest BCUT2D eigenvalue weighted by Crippen LogP contribution is 2.25. The molecule has 1 amide bonds. The number of furan rings is 1. The van der Waals surface area contributed by atoms with Gasteiger partial charge in [0, 0.05) is 16.8 Å². The molecule has 0 radical (unpaired) electrons. The zero-order chi connectivity index (χ0) is 20.0. The van der Waals surface area contributed by atoms with Crippen LogP contribution < -0.4 is 5.32 Å². The van der Waals surface area contributed by atoms with Crippen LogP contribution >= 0.6 is 15.9 Å². The first kappa shape index (κ1) is 21.2. The van der Waals surface area contributed by atoms with Gasteiger partial charge in [-0.25, -0.2) is 4.79 Å². The van der Waals surface area contributed by atoms with Crippen molar-refractivity contribution >= 4 is 27.8 Å². The number of rotatable bonds is 7. The van der Waals surface area contributed by atoms with Crippen molar-refractivity contribution in [3.8, 4) is 0 Å². The Kier molecular flexibility index (Phi) is 7.25. The Labute approximate surface area is 168 Å². The minimum absolute atomic E-state index is 0.0513. The molecule has 0 spiro atoms. The topological polar surface area (TPSA) is 68.5 Å². The van der Waals surface area contributed by atoms with E-state index in [0.717, 1.165) is 10.0 Å². The number of Topliss-reactive ketones (excluding diaryl/α,β-unsaturated/α-hetero) is 1. The van der Waals surface area contributed by atoms with Gasteiger partial charge >= 0.3 is 6.09 Å². The minimum atomic E-state index is -0.618. The number of ketones is 1. The number of hydrogen-bond donors (Lipinski definition) is 1. The molecular formula is C21H26BrNO4. The van der Waals surface area contributed by atoms with Crippen molar-refractivity contribution in [2.45, 2.75) is 52.2 Å². The summed E-state index contributed by atoms with van der Waals surface area (Å²) in [6, 6.07) is 10.8. The Morgan fingerprint density at radius 3 is 2.41 bits per heavy atom. The van der Waals surface area contributed by atoms with Crippen LogP contribution in [0.5, 0.6) is 0 Å². The summed E-state index contributed by atoms with van der Waals surface area (Å²) in [6.07, 6.45) is 1.98. The maximum atomic E-state index is 12.7. The Morgan fingerprint density at radius 1 is 1.19 bits per heavy atom. The Morgan fingerprint density at radius 2 is 1.85 bits per heavy atom. The van der Waals surface area contributed by atoms with Crippen LogP contribution in [0.4, 0.5) is 4.79 Å². The first-order chi connectivity index (χ1) is 12.7. The summed E-state index contributed by atoms with van der Waals surface area (Å²) in [5, 5.41) is 2.78. The van der Waals surface area contributed by atoms with E-state index in [0.29, 0.717) is 18.6 Å². The number of carbonyl (C=O) groups excluding carboxylic acids is 2. The van der Waals surface area contributed by atoms with Crippen LogP contribution in [0.3, 0.4) is 0 Å². The third-order valence-corrected chi connectivity index (χ3v) is 4.63. The molecule has 146 valence electrons. The number of aryl methyl sites for hydroxylation is 1. The molecule has 0 aliphatic heterocycles. The number of ether oxygens (including phenoxy) is 1.